The minimum Gasteiger partial charge on any atom is -0.394 e. The maximum atomic E-state index is 13.3. The van der Waals surface area contributed by atoms with Crippen molar-refractivity contribution in [3.63, 3.8) is 0 Å². The van der Waals surface area contributed by atoms with E-state index in [0.29, 0.717) is 33.8 Å². The van der Waals surface area contributed by atoms with Gasteiger partial charge in [0.1, 0.15) is 15.8 Å². The van der Waals surface area contributed by atoms with Crippen LogP contribution in [-0.2, 0) is 9.53 Å². The number of rotatable bonds is 9. The van der Waals surface area contributed by atoms with Crippen molar-refractivity contribution in [1.29, 1.82) is 0 Å². The maximum absolute atomic E-state index is 13.3. The molecule has 1 aliphatic rings. The Bertz CT molecular complexity index is 1080. The van der Waals surface area contributed by atoms with Gasteiger partial charge < -0.3 is 15.2 Å². The Morgan fingerprint density at radius 3 is 2.84 bits per heavy atom. The summed E-state index contributed by atoms with van der Waals surface area (Å²) in [4.78, 5) is 32.8. The number of aliphatic hydroxyl groups is 1. The van der Waals surface area contributed by atoms with Gasteiger partial charge in [0.05, 0.1) is 30.3 Å². The van der Waals surface area contributed by atoms with Crippen LogP contribution in [0.4, 0.5) is 5.82 Å². The lowest BCUT2D eigenvalue weighted by Crippen LogP contribution is -2.36. The molecular formula is C21H26N4O4S2. The Kier molecular flexibility index (Phi) is 7.82. The van der Waals surface area contributed by atoms with Crippen LogP contribution in [-0.4, -0.2) is 62.0 Å². The summed E-state index contributed by atoms with van der Waals surface area (Å²) in [7, 11) is 0. The van der Waals surface area contributed by atoms with Gasteiger partial charge in [0.25, 0.3) is 11.5 Å². The van der Waals surface area contributed by atoms with Gasteiger partial charge in [0.2, 0.25) is 0 Å². The molecule has 166 valence electrons. The lowest BCUT2D eigenvalue weighted by Gasteiger charge is -2.21. The number of ether oxygens (including phenoxy) is 1. The van der Waals surface area contributed by atoms with E-state index in [9.17, 15) is 9.59 Å². The van der Waals surface area contributed by atoms with E-state index in [2.05, 4.69) is 10.3 Å². The number of aryl methyl sites for hydroxylation is 1. The molecule has 0 bridgehead atoms. The number of hydrogen-bond donors (Lipinski definition) is 2. The summed E-state index contributed by atoms with van der Waals surface area (Å²) in [6.07, 6.45) is 4.07. The highest BCUT2D eigenvalue weighted by atomic mass is 32.2. The fourth-order valence-electron chi connectivity index (χ4n) is 3.11. The molecule has 1 saturated heterocycles. The van der Waals surface area contributed by atoms with Crippen LogP contribution < -0.4 is 10.9 Å². The van der Waals surface area contributed by atoms with Gasteiger partial charge in [-0.1, -0.05) is 37.0 Å². The third-order valence-electron chi connectivity index (χ3n) is 4.91. The molecule has 1 aliphatic heterocycles. The number of fused-ring (bicyclic) bond motifs is 1. The summed E-state index contributed by atoms with van der Waals surface area (Å²) < 4.78 is 7.24. The van der Waals surface area contributed by atoms with Gasteiger partial charge in [0.15, 0.2) is 0 Å². The number of hydrogen-bond acceptors (Lipinski definition) is 8. The monoisotopic (exact) mass is 462 g/mol. The fraction of sp³-hybridized carbons (Fsp3) is 0.429. The van der Waals surface area contributed by atoms with Crippen molar-refractivity contribution in [3.8, 4) is 0 Å². The molecule has 3 heterocycles. The first-order valence-corrected chi connectivity index (χ1v) is 11.3. The Balaban J connectivity index is 2.02. The highest BCUT2D eigenvalue weighted by Crippen LogP contribution is 2.34. The molecule has 2 aromatic heterocycles. The fourth-order valence-corrected chi connectivity index (χ4v) is 4.55. The Morgan fingerprint density at radius 2 is 2.13 bits per heavy atom. The maximum Gasteiger partial charge on any atom is 0.267 e. The zero-order valence-corrected chi connectivity index (χ0v) is 19.4. The molecule has 0 spiro atoms. The summed E-state index contributed by atoms with van der Waals surface area (Å²) in [5.41, 5.74) is 1.43. The number of thiocarbonyl (C=S) groups is 1. The third-order valence-corrected chi connectivity index (χ3v) is 6.24. The number of pyridine rings is 1. The van der Waals surface area contributed by atoms with Crippen LogP contribution in [0.25, 0.3) is 11.7 Å². The first-order valence-electron chi connectivity index (χ1n) is 10.1. The second-order valence-electron chi connectivity index (χ2n) is 7.19. The van der Waals surface area contributed by atoms with E-state index >= 15 is 0 Å². The Labute approximate surface area is 190 Å². The third kappa shape index (κ3) is 5.15. The van der Waals surface area contributed by atoms with E-state index in [0.717, 1.165) is 12.0 Å². The number of thioether (sulfide) groups is 1. The lowest BCUT2D eigenvalue weighted by molar-refractivity contribution is -0.123. The number of nitrogens with one attached hydrogen (secondary N) is 1. The highest BCUT2D eigenvalue weighted by Gasteiger charge is 2.35. The van der Waals surface area contributed by atoms with Crippen molar-refractivity contribution in [1.82, 2.24) is 14.3 Å². The normalized spacial score (nSPS) is 16.5. The molecule has 1 atom stereocenters. The minimum absolute atomic E-state index is 0.0156. The molecule has 0 aromatic carbocycles. The number of nitrogens with zero attached hydrogens (tertiary/aromatic N) is 3. The number of carbonyl (C=O) groups excluding carboxylic acids is 1. The SMILES string of the molecule is CCC(C)N1C(=O)/C(=C/c2c(NCCOCCO)nc3ccc(C)cn3c2=O)SC1=S. The van der Waals surface area contributed by atoms with E-state index in [1.807, 2.05) is 26.8 Å². The quantitative estimate of drug-likeness (QED) is 0.333. The van der Waals surface area contributed by atoms with Crippen LogP contribution in [0, 0.1) is 6.92 Å². The van der Waals surface area contributed by atoms with Crippen molar-refractivity contribution in [3.05, 3.63) is 44.7 Å². The smallest absolute Gasteiger partial charge is 0.267 e. The molecule has 10 heteroatoms. The van der Waals surface area contributed by atoms with Gasteiger partial charge >= 0.3 is 0 Å². The van der Waals surface area contributed by atoms with E-state index < -0.39 is 0 Å². The molecule has 8 nitrogen and oxygen atoms in total. The van der Waals surface area contributed by atoms with Gasteiger partial charge in [-0.05, 0) is 38.0 Å². The van der Waals surface area contributed by atoms with Gasteiger partial charge in [-0.15, -0.1) is 0 Å². The van der Waals surface area contributed by atoms with Crippen LogP contribution in [0.5, 0.6) is 0 Å². The molecule has 1 unspecified atom stereocenters. The Morgan fingerprint density at radius 1 is 1.35 bits per heavy atom. The first kappa shape index (κ1) is 23.4. The number of aliphatic hydroxyl groups excluding tert-OH is 1. The van der Waals surface area contributed by atoms with Crippen molar-refractivity contribution in [2.75, 3.05) is 31.7 Å². The predicted octanol–water partition coefficient (Wildman–Crippen LogP) is 2.42. The van der Waals surface area contributed by atoms with Crippen LogP contribution in [0.3, 0.4) is 0 Å². The standard InChI is InChI=1S/C21H26N4O4S2/c1-4-14(3)25-20(28)16(31-21(25)30)11-15-18(22-7-9-29-10-8-26)23-17-6-5-13(2)12-24(17)19(15)27/h5-6,11-12,14,22,26H,4,7-10H2,1-3H3/b16-11-. The zero-order valence-electron chi connectivity index (χ0n) is 17.8. The molecular weight excluding hydrogens is 436 g/mol. The first-order chi connectivity index (χ1) is 14.9. The lowest BCUT2D eigenvalue weighted by atomic mass is 10.2. The van der Waals surface area contributed by atoms with Crippen molar-refractivity contribution in [2.45, 2.75) is 33.2 Å². The van der Waals surface area contributed by atoms with Gasteiger partial charge in [-0.3, -0.25) is 18.9 Å². The number of anilines is 1. The zero-order chi connectivity index (χ0) is 22.5. The van der Waals surface area contributed by atoms with E-state index in [1.54, 1.807) is 23.2 Å². The van der Waals surface area contributed by atoms with Crippen LogP contribution in [0.1, 0.15) is 31.4 Å². The average Bonchev–Trinajstić information content (AvgIpc) is 3.03. The number of aromatic nitrogens is 2. The van der Waals surface area contributed by atoms with Crippen LogP contribution in [0.15, 0.2) is 28.0 Å². The van der Waals surface area contributed by atoms with Crippen molar-refractivity contribution in [2.24, 2.45) is 0 Å². The van der Waals surface area contributed by atoms with Crippen LogP contribution in [0.2, 0.25) is 0 Å². The second kappa shape index (κ2) is 10.4. The molecule has 0 saturated carbocycles. The molecule has 1 fully saturated rings. The summed E-state index contributed by atoms with van der Waals surface area (Å²) >= 11 is 6.59. The van der Waals surface area contributed by atoms with Crippen LogP contribution >= 0.6 is 24.0 Å². The summed E-state index contributed by atoms with van der Waals surface area (Å²) in [6.45, 7) is 6.75. The number of carbonyl (C=O) groups is 1. The highest BCUT2D eigenvalue weighted by molar-refractivity contribution is 8.26. The van der Waals surface area contributed by atoms with E-state index in [1.165, 1.54) is 16.2 Å². The summed E-state index contributed by atoms with van der Waals surface area (Å²) in [5, 5.41) is 12.0. The van der Waals surface area contributed by atoms with E-state index in [-0.39, 0.29) is 36.3 Å². The van der Waals surface area contributed by atoms with Gasteiger partial charge in [-0.25, -0.2) is 4.98 Å². The molecule has 0 radical (unpaired) electrons. The summed E-state index contributed by atoms with van der Waals surface area (Å²) in [6, 6.07) is 3.64. The average molecular weight is 463 g/mol. The molecule has 31 heavy (non-hydrogen) atoms. The summed E-state index contributed by atoms with van der Waals surface area (Å²) in [5.74, 6) is 0.172. The van der Waals surface area contributed by atoms with Crippen molar-refractivity contribution >= 4 is 51.7 Å². The molecule has 2 aromatic rings. The van der Waals surface area contributed by atoms with Crippen molar-refractivity contribution < 1.29 is 14.6 Å². The topological polar surface area (TPSA) is 96.2 Å². The minimum atomic E-state index is -0.277. The van der Waals surface area contributed by atoms with Gasteiger partial charge in [-0.2, -0.15) is 0 Å². The van der Waals surface area contributed by atoms with E-state index in [4.69, 9.17) is 22.1 Å². The largest absolute Gasteiger partial charge is 0.394 e. The molecule has 2 N–H and O–H groups in total. The van der Waals surface area contributed by atoms with Gasteiger partial charge in [0, 0.05) is 18.8 Å². The molecule has 3 rings (SSSR count). The Hall–Kier alpha value is -2.27. The predicted molar refractivity (Wildman–Crippen MR) is 127 cm³/mol. The number of amides is 1. The molecule has 1 amide bonds. The molecule has 0 aliphatic carbocycles. The second-order valence-corrected chi connectivity index (χ2v) is 8.86.